The number of nitrogens with one attached hydrogen (secondary N) is 2. The minimum Gasteiger partial charge on any atom is -0.490 e. The van der Waals surface area contributed by atoms with Gasteiger partial charge in [0.15, 0.2) is 0 Å². The zero-order chi connectivity index (χ0) is 23.2. The second kappa shape index (κ2) is 11.4. The van der Waals surface area contributed by atoms with Crippen LogP contribution in [0.25, 0.3) is 10.9 Å². The van der Waals surface area contributed by atoms with E-state index >= 15 is 0 Å². The molecule has 0 spiro atoms. The fourth-order valence-corrected chi connectivity index (χ4v) is 5.80. The normalized spacial score (nSPS) is 17.2. The van der Waals surface area contributed by atoms with E-state index in [2.05, 4.69) is 21.3 Å². The fraction of sp³-hybridized carbons (Fsp3) is 0.600. The summed E-state index contributed by atoms with van der Waals surface area (Å²) >= 11 is 1.83. The molecule has 0 aliphatic carbocycles. The number of benzene rings is 1. The van der Waals surface area contributed by atoms with Crippen LogP contribution in [0.3, 0.4) is 0 Å². The molecule has 1 amide bonds. The second-order valence-electron chi connectivity index (χ2n) is 8.93. The van der Waals surface area contributed by atoms with Crippen LogP contribution in [0.1, 0.15) is 37.8 Å². The number of likely N-dealkylation sites (tertiary alicyclic amines) is 1. The van der Waals surface area contributed by atoms with Crippen molar-refractivity contribution in [3.8, 4) is 5.75 Å². The molecule has 0 atom stereocenters. The van der Waals surface area contributed by atoms with Gasteiger partial charge in [0, 0.05) is 75.0 Å². The van der Waals surface area contributed by atoms with E-state index in [1.165, 1.54) is 5.56 Å². The maximum Gasteiger partial charge on any atom is 0.252 e. The molecule has 180 valence electrons. The SMILES string of the molecule is CCN(CCNCCN1CCC(Oc2ccc3[nH]c(=O)c4c(c3c2)CCSC4)CC1)C(C)=O. The first kappa shape index (κ1) is 24.1. The third-order valence-electron chi connectivity index (χ3n) is 6.77. The van der Waals surface area contributed by atoms with Gasteiger partial charge >= 0.3 is 0 Å². The molecular weight excluding hydrogens is 436 g/mol. The number of aromatic amines is 1. The van der Waals surface area contributed by atoms with Crippen molar-refractivity contribution in [1.29, 1.82) is 0 Å². The number of carbonyl (C=O) groups excluding carboxylic acids is 1. The molecule has 2 aliphatic rings. The van der Waals surface area contributed by atoms with E-state index in [4.69, 9.17) is 4.74 Å². The Balaban J connectivity index is 1.24. The van der Waals surface area contributed by atoms with E-state index in [0.29, 0.717) is 0 Å². The number of fused-ring (bicyclic) bond motifs is 3. The van der Waals surface area contributed by atoms with Crippen LogP contribution in [0, 0.1) is 0 Å². The van der Waals surface area contributed by atoms with Gasteiger partial charge in [-0.05, 0) is 55.7 Å². The largest absolute Gasteiger partial charge is 0.490 e. The van der Waals surface area contributed by atoms with Crippen LogP contribution >= 0.6 is 11.8 Å². The van der Waals surface area contributed by atoms with E-state index < -0.39 is 0 Å². The average molecular weight is 473 g/mol. The summed E-state index contributed by atoms with van der Waals surface area (Å²) in [6, 6.07) is 6.09. The summed E-state index contributed by atoms with van der Waals surface area (Å²) in [4.78, 5) is 31.2. The predicted octanol–water partition coefficient (Wildman–Crippen LogP) is 2.62. The molecule has 4 rings (SSSR count). The van der Waals surface area contributed by atoms with Crippen LogP contribution in [0.4, 0.5) is 0 Å². The van der Waals surface area contributed by atoms with Crippen molar-refractivity contribution in [2.75, 3.05) is 51.6 Å². The van der Waals surface area contributed by atoms with E-state index in [9.17, 15) is 9.59 Å². The Morgan fingerprint density at radius 2 is 2.09 bits per heavy atom. The summed E-state index contributed by atoms with van der Waals surface area (Å²) in [6.07, 6.45) is 3.22. The quantitative estimate of drug-likeness (QED) is 0.547. The minimum atomic E-state index is 0.0572. The number of aromatic nitrogens is 1. The summed E-state index contributed by atoms with van der Waals surface area (Å²) in [6.45, 7) is 10.0. The molecule has 1 aromatic heterocycles. The lowest BCUT2D eigenvalue weighted by Gasteiger charge is -2.32. The molecule has 0 radical (unpaired) electrons. The van der Waals surface area contributed by atoms with Gasteiger partial charge in [-0.15, -0.1) is 0 Å². The second-order valence-corrected chi connectivity index (χ2v) is 10.0. The molecule has 1 saturated heterocycles. The topological polar surface area (TPSA) is 77.7 Å². The van der Waals surface area contributed by atoms with Gasteiger partial charge in [0.1, 0.15) is 11.9 Å². The third kappa shape index (κ3) is 6.11. The Bertz CT molecular complexity index is 1020. The van der Waals surface area contributed by atoms with Crippen molar-refractivity contribution >= 4 is 28.6 Å². The molecule has 33 heavy (non-hydrogen) atoms. The number of ether oxygens (including phenoxy) is 1. The summed E-state index contributed by atoms with van der Waals surface area (Å²) in [5, 5.41) is 4.59. The molecule has 1 aromatic carbocycles. The highest BCUT2D eigenvalue weighted by Crippen LogP contribution is 2.30. The molecule has 0 bridgehead atoms. The Kier molecular flexibility index (Phi) is 8.33. The molecule has 2 aromatic rings. The van der Waals surface area contributed by atoms with Gasteiger partial charge < -0.3 is 24.8 Å². The Morgan fingerprint density at radius 3 is 2.85 bits per heavy atom. The number of nitrogens with zero attached hydrogens (tertiary/aromatic N) is 2. The Hall–Kier alpha value is -2.03. The van der Waals surface area contributed by atoms with Crippen molar-refractivity contribution in [2.45, 2.75) is 45.0 Å². The highest BCUT2D eigenvalue weighted by atomic mass is 32.2. The van der Waals surface area contributed by atoms with E-state index in [-0.39, 0.29) is 17.6 Å². The number of hydrogen-bond donors (Lipinski definition) is 2. The van der Waals surface area contributed by atoms with Gasteiger partial charge in [0.05, 0.1) is 0 Å². The number of piperidine rings is 1. The summed E-state index contributed by atoms with van der Waals surface area (Å²) in [7, 11) is 0. The minimum absolute atomic E-state index is 0.0572. The van der Waals surface area contributed by atoms with Gasteiger partial charge in [-0.3, -0.25) is 9.59 Å². The number of aryl methyl sites for hydroxylation is 1. The Labute approximate surface area is 200 Å². The lowest BCUT2D eigenvalue weighted by atomic mass is 10.0. The van der Waals surface area contributed by atoms with E-state index in [1.807, 2.05) is 35.7 Å². The van der Waals surface area contributed by atoms with Crippen molar-refractivity contribution in [1.82, 2.24) is 20.1 Å². The van der Waals surface area contributed by atoms with Crippen molar-refractivity contribution in [3.63, 3.8) is 0 Å². The summed E-state index contributed by atoms with van der Waals surface area (Å²) in [5.41, 5.74) is 3.10. The third-order valence-corrected chi connectivity index (χ3v) is 7.76. The van der Waals surface area contributed by atoms with Gasteiger partial charge in [-0.2, -0.15) is 11.8 Å². The zero-order valence-corrected chi connectivity index (χ0v) is 20.6. The van der Waals surface area contributed by atoms with Crippen molar-refractivity contribution < 1.29 is 9.53 Å². The summed E-state index contributed by atoms with van der Waals surface area (Å²) < 4.78 is 6.36. The number of amides is 1. The van der Waals surface area contributed by atoms with Crippen molar-refractivity contribution in [3.05, 3.63) is 39.7 Å². The lowest BCUT2D eigenvalue weighted by Crippen LogP contribution is -2.42. The van der Waals surface area contributed by atoms with Crippen molar-refractivity contribution in [2.24, 2.45) is 0 Å². The molecule has 8 heteroatoms. The fourth-order valence-electron chi connectivity index (χ4n) is 4.80. The first-order valence-corrected chi connectivity index (χ1v) is 13.3. The number of rotatable bonds is 9. The number of pyridine rings is 1. The number of thioether (sulfide) groups is 1. The molecule has 1 fully saturated rings. The van der Waals surface area contributed by atoms with Gasteiger partial charge in [-0.25, -0.2) is 0 Å². The Morgan fingerprint density at radius 1 is 1.27 bits per heavy atom. The van der Waals surface area contributed by atoms with E-state index in [1.54, 1.807) is 6.92 Å². The number of likely N-dealkylation sites (N-methyl/N-ethyl adjacent to an activating group) is 1. The number of H-pyrrole nitrogens is 1. The predicted molar refractivity (Wildman–Crippen MR) is 135 cm³/mol. The van der Waals surface area contributed by atoms with Crippen LogP contribution in [0.5, 0.6) is 5.75 Å². The van der Waals surface area contributed by atoms with Crippen LogP contribution in [0.2, 0.25) is 0 Å². The molecule has 2 N–H and O–H groups in total. The number of hydrogen-bond acceptors (Lipinski definition) is 6. The monoisotopic (exact) mass is 472 g/mol. The summed E-state index contributed by atoms with van der Waals surface area (Å²) in [5.74, 6) is 2.91. The molecule has 2 aliphatic heterocycles. The molecular formula is C25H36N4O3S. The molecule has 3 heterocycles. The molecule has 7 nitrogen and oxygen atoms in total. The first-order valence-electron chi connectivity index (χ1n) is 12.2. The first-order chi connectivity index (χ1) is 16.0. The van der Waals surface area contributed by atoms with Crippen LogP contribution in [-0.2, 0) is 17.0 Å². The highest BCUT2D eigenvalue weighted by Gasteiger charge is 2.21. The average Bonchev–Trinajstić information content (AvgIpc) is 2.83. The maximum absolute atomic E-state index is 12.4. The number of carbonyl (C=O) groups is 1. The maximum atomic E-state index is 12.4. The lowest BCUT2D eigenvalue weighted by molar-refractivity contribution is -0.128. The van der Waals surface area contributed by atoms with Gasteiger partial charge in [0.25, 0.3) is 5.56 Å². The standard InChI is InChI=1S/C25H36N4O3S/c1-3-29(18(2)30)14-10-26-9-13-28-11-6-19(7-12-28)32-20-4-5-24-22(16-20)21-8-15-33-17-23(21)25(31)27-24/h4-5,16,19,26H,3,6-15,17H2,1-2H3,(H,27,31). The smallest absolute Gasteiger partial charge is 0.252 e. The van der Waals surface area contributed by atoms with E-state index in [0.717, 1.165) is 98.8 Å². The van der Waals surface area contributed by atoms with Crippen LogP contribution < -0.4 is 15.6 Å². The molecule has 0 unspecified atom stereocenters. The van der Waals surface area contributed by atoms with Gasteiger partial charge in [-0.1, -0.05) is 0 Å². The highest BCUT2D eigenvalue weighted by molar-refractivity contribution is 7.98. The zero-order valence-electron chi connectivity index (χ0n) is 19.8. The van der Waals surface area contributed by atoms with Gasteiger partial charge in [0.2, 0.25) is 5.91 Å². The molecule has 0 saturated carbocycles. The van der Waals surface area contributed by atoms with Crippen LogP contribution in [-0.4, -0.2) is 78.4 Å². The van der Waals surface area contributed by atoms with Crippen LogP contribution in [0.15, 0.2) is 23.0 Å².